The molecule has 0 aromatic heterocycles. The number of rotatable bonds is 3. The second-order valence-corrected chi connectivity index (χ2v) is 11.0. The molecular weight excluding hydrogens is 490 g/mol. The van der Waals surface area contributed by atoms with E-state index in [2.05, 4.69) is 0 Å². The number of likely N-dealkylation sites (N-methyl/N-ethyl adjacent to an activating group) is 1. The van der Waals surface area contributed by atoms with Crippen molar-refractivity contribution in [3.8, 4) is 0 Å². The van der Waals surface area contributed by atoms with E-state index in [0.717, 1.165) is 5.56 Å². The van der Waals surface area contributed by atoms with Gasteiger partial charge in [0.05, 0.1) is 12.3 Å². The number of halogens is 1. The molecule has 0 fully saturated rings. The van der Waals surface area contributed by atoms with E-state index in [-0.39, 0.29) is 35.8 Å². The molecule has 1 amide bonds. The fourth-order valence-electron chi connectivity index (χ4n) is 6.10. The number of anilines is 2. The van der Waals surface area contributed by atoms with Crippen LogP contribution in [0.5, 0.6) is 0 Å². The van der Waals surface area contributed by atoms with E-state index in [1.54, 1.807) is 43.1 Å². The second kappa shape index (κ2) is 8.48. The lowest BCUT2D eigenvalue weighted by Crippen LogP contribution is -2.55. The van der Waals surface area contributed by atoms with Crippen LogP contribution in [0, 0.1) is 12.3 Å². The molecular formula is C29H30ClN3O4. The summed E-state index contributed by atoms with van der Waals surface area (Å²) in [5.41, 5.74) is 8.23. The van der Waals surface area contributed by atoms with Crippen LogP contribution in [-0.4, -0.2) is 31.3 Å². The number of ether oxygens (including phenoxy) is 1. The van der Waals surface area contributed by atoms with Crippen LogP contribution in [0.1, 0.15) is 44.7 Å². The van der Waals surface area contributed by atoms with Gasteiger partial charge in [-0.25, -0.2) is 4.79 Å². The lowest BCUT2D eigenvalue weighted by Gasteiger charge is -2.47. The Morgan fingerprint density at radius 3 is 2.46 bits per heavy atom. The van der Waals surface area contributed by atoms with Crippen LogP contribution in [0.25, 0.3) is 0 Å². The van der Waals surface area contributed by atoms with Crippen molar-refractivity contribution < 1.29 is 19.1 Å². The summed E-state index contributed by atoms with van der Waals surface area (Å²) in [6.45, 7) is 7.67. The number of allylic oxidation sites excluding steroid dienone is 1. The standard InChI is InChI=1S/C29H30ClN3O4/c1-6-37-26(35)24-25(31)33(19-13-9-11-18(30)16(19)2)21-14-28(3,4)15-22(34)23(21)29(24)17-10-7-8-12-20(17)32(5)27(29)36/h7-13H,6,14-15,31H2,1-5H3. The molecule has 0 radical (unpaired) electrons. The Kier molecular flexibility index (Phi) is 5.75. The molecule has 192 valence electrons. The quantitative estimate of drug-likeness (QED) is 0.588. The zero-order valence-corrected chi connectivity index (χ0v) is 22.4. The Balaban J connectivity index is 1.96. The lowest BCUT2D eigenvalue weighted by molar-refractivity contribution is -0.140. The van der Waals surface area contributed by atoms with Crippen LogP contribution in [0.4, 0.5) is 11.4 Å². The number of hydrogen-bond donors (Lipinski definition) is 1. The predicted molar refractivity (Wildman–Crippen MR) is 143 cm³/mol. The van der Waals surface area contributed by atoms with Gasteiger partial charge in [-0.3, -0.25) is 14.5 Å². The molecule has 1 spiro atoms. The topological polar surface area (TPSA) is 92.9 Å². The van der Waals surface area contributed by atoms with Crippen LogP contribution in [0.3, 0.4) is 0 Å². The molecule has 2 N–H and O–H groups in total. The Hall–Kier alpha value is -3.58. The summed E-state index contributed by atoms with van der Waals surface area (Å²) in [7, 11) is 1.65. The molecule has 0 saturated carbocycles. The fraction of sp³-hybridized carbons (Fsp3) is 0.345. The van der Waals surface area contributed by atoms with Gasteiger partial charge in [0.15, 0.2) is 5.78 Å². The molecule has 5 rings (SSSR count). The van der Waals surface area contributed by atoms with Gasteiger partial charge in [0, 0.05) is 41.0 Å². The van der Waals surface area contributed by atoms with Gasteiger partial charge in [0.25, 0.3) is 0 Å². The minimum Gasteiger partial charge on any atom is -0.462 e. The average Bonchev–Trinajstić information content (AvgIpc) is 3.04. The molecule has 1 atom stereocenters. The number of nitrogens with zero attached hydrogens (tertiary/aromatic N) is 2. The highest BCUT2D eigenvalue weighted by Gasteiger charge is 2.64. The van der Waals surface area contributed by atoms with Gasteiger partial charge >= 0.3 is 5.97 Å². The summed E-state index contributed by atoms with van der Waals surface area (Å²) >= 11 is 6.50. The van der Waals surface area contributed by atoms with E-state index in [0.29, 0.717) is 34.1 Å². The molecule has 2 heterocycles. The van der Waals surface area contributed by atoms with E-state index in [4.69, 9.17) is 22.1 Å². The number of para-hydroxylation sites is 1. The first-order valence-corrected chi connectivity index (χ1v) is 12.7. The number of carbonyl (C=O) groups excluding carboxylic acids is 3. The number of benzene rings is 2. The van der Waals surface area contributed by atoms with Crippen molar-refractivity contribution in [3.63, 3.8) is 0 Å². The lowest BCUT2D eigenvalue weighted by atomic mass is 9.60. The number of fused-ring (bicyclic) bond motifs is 3. The molecule has 8 heteroatoms. The van der Waals surface area contributed by atoms with E-state index >= 15 is 0 Å². The molecule has 0 saturated heterocycles. The second-order valence-electron chi connectivity index (χ2n) is 10.6. The third kappa shape index (κ3) is 3.37. The highest BCUT2D eigenvalue weighted by Crippen LogP contribution is 2.58. The van der Waals surface area contributed by atoms with Crippen LogP contribution in [0.2, 0.25) is 5.02 Å². The first-order valence-electron chi connectivity index (χ1n) is 12.3. The maximum absolute atomic E-state index is 14.3. The van der Waals surface area contributed by atoms with E-state index in [1.165, 1.54) is 4.90 Å². The molecule has 37 heavy (non-hydrogen) atoms. The van der Waals surface area contributed by atoms with Gasteiger partial charge in [-0.1, -0.05) is 49.7 Å². The number of Topliss-reactive ketones (excluding diaryl/α,β-unsaturated/α-hetero) is 1. The minimum atomic E-state index is -1.70. The van der Waals surface area contributed by atoms with Crippen molar-refractivity contribution >= 4 is 40.6 Å². The van der Waals surface area contributed by atoms with Crippen molar-refractivity contribution in [1.29, 1.82) is 0 Å². The molecule has 1 unspecified atom stereocenters. The number of ketones is 1. The Bertz CT molecular complexity index is 1440. The van der Waals surface area contributed by atoms with Gasteiger partial charge in [-0.15, -0.1) is 0 Å². The summed E-state index contributed by atoms with van der Waals surface area (Å²) in [6.07, 6.45) is 0.697. The minimum absolute atomic E-state index is 0.0395. The Labute approximate surface area is 221 Å². The maximum Gasteiger partial charge on any atom is 0.339 e. The number of esters is 1. The maximum atomic E-state index is 14.3. The Morgan fingerprint density at radius 1 is 1.08 bits per heavy atom. The average molecular weight is 520 g/mol. The molecule has 1 aliphatic carbocycles. The predicted octanol–water partition coefficient (Wildman–Crippen LogP) is 4.76. The highest BCUT2D eigenvalue weighted by molar-refractivity contribution is 6.31. The third-order valence-corrected chi connectivity index (χ3v) is 8.03. The van der Waals surface area contributed by atoms with E-state index < -0.39 is 22.7 Å². The molecule has 2 aromatic rings. The van der Waals surface area contributed by atoms with Gasteiger partial charge < -0.3 is 15.4 Å². The highest BCUT2D eigenvalue weighted by atomic mass is 35.5. The zero-order valence-electron chi connectivity index (χ0n) is 21.6. The molecule has 0 bridgehead atoms. The van der Waals surface area contributed by atoms with Crippen molar-refractivity contribution in [1.82, 2.24) is 0 Å². The van der Waals surface area contributed by atoms with E-state index in [9.17, 15) is 14.4 Å². The SMILES string of the molecule is CCOC(=O)C1=C(N)N(c2cccc(Cl)c2C)C2=C(C(=O)CC(C)(C)C2)C12C(=O)N(C)c1ccccc12. The summed E-state index contributed by atoms with van der Waals surface area (Å²) < 4.78 is 5.50. The van der Waals surface area contributed by atoms with E-state index in [1.807, 2.05) is 39.0 Å². The Morgan fingerprint density at radius 2 is 1.76 bits per heavy atom. The van der Waals surface area contributed by atoms with Crippen molar-refractivity contribution in [2.24, 2.45) is 11.1 Å². The first kappa shape index (κ1) is 25.1. The monoisotopic (exact) mass is 519 g/mol. The summed E-state index contributed by atoms with van der Waals surface area (Å²) in [4.78, 5) is 45.5. The fourth-order valence-corrected chi connectivity index (χ4v) is 6.27. The van der Waals surface area contributed by atoms with Crippen LogP contribution in [-0.2, 0) is 24.5 Å². The largest absolute Gasteiger partial charge is 0.462 e. The third-order valence-electron chi connectivity index (χ3n) is 7.62. The van der Waals surface area contributed by atoms with Gasteiger partial charge in [-0.05, 0) is 49.4 Å². The summed E-state index contributed by atoms with van der Waals surface area (Å²) in [6, 6.07) is 12.7. The molecule has 7 nitrogen and oxygen atoms in total. The number of carbonyl (C=O) groups is 3. The van der Waals surface area contributed by atoms with Crippen LogP contribution in [0.15, 0.2) is 65.1 Å². The normalized spacial score (nSPS) is 22.5. The van der Waals surface area contributed by atoms with Crippen LogP contribution < -0.4 is 15.5 Å². The number of amides is 1. The van der Waals surface area contributed by atoms with Gasteiger partial charge in [-0.2, -0.15) is 0 Å². The number of hydrogen-bond acceptors (Lipinski definition) is 6. The van der Waals surface area contributed by atoms with Crippen molar-refractivity contribution in [3.05, 3.63) is 81.3 Å². The first-order chi connectivity index (χ1) is 17.5. The molecule has 2 aromatic carbocycles. The van der Waals surface area contributed by atoms with Gasteiger partial charge in [0.1, 0.15) is 16.8 Å². The zero-order chi connectivity index (χ0) is 26.9. The van der Waals surface area contributed by atoms with Gasteiger partial charge in [0.2, 0.25) is 5.91 Å². The van der Waals surface area contributed by atoms with Crippen molar-refractivity contribution in [2.75, 3.05) is 23.5 Å². The van der Waals surface area contributed by atoms with Crippen LogP contribution >= 0.6 is 11.6 Å². The number of nitrogens with two attached hydrogens (primary N) is 1. The smallest absolute Gasteiger partial charge is 0.339 e. The molecule has 2 aliphatic heterocycles. The summed E-state index contributed by atoms with van der Waals surface area (Å²) in [5.74, 6) is -1.26. The summed E-state index contributed by atoms with van der Waals surface area (Å²) in [5, 5.41) is 0.522. The molecule has 3 aliphatic rings. The van der Waals surface area contributed by atoms with Crippen molar-refractivity contribution in [2.45, 2.75) is 46.0 Å².